The molecule has 0 saturated heterocycles. The Morgan fingerprint density at radius 2 is 2.06 bits per heavy atom. The number of amides is 2. The third-order valence-corrected chi connectivity index (χ3v) is 6.50. The van der Waals surface area contributed by atoms with E-state index in [1.54, 1.807) is 36.3 Å². The van der Waals surface area contributed by atoms with Gasteiger partial charge in [0.2, 0.25) is 5.91 Å². The summed E-state index contributed by atoms with van der Waals surface area (Å²) in [5.74, 6) is -0.652. The van der Waals surface area contributed by atoms with E-state index in [1.807, 2.05) is 0 Å². The van der Waals surface area contributed by atoms with E-state index in [1.165, 1.54) is 23.6 Å². The highest BCUT2D eigenvalue weighted by atomic mass is 32.1. The highest BCUT2D eigenvalue weighted by Gasteiger charge is 2.27. The molecule has 4 rings (SSSR count). The van der Waals surface area contributed by atoms with E-state index in [-0.39, 0.29) is 17.5 Å². The number of aromatic nitrogens is 3. The molecule has 0 bridgehead atoms. The van der Waals surface area contributed by atoms with Crippen molar-refractivity contribution in [2.24, 2.45) is 13.0 Å². The molecule has 0 unspecified atom stereocenters. The standard InChI is InChI=1S/C22H25FN6O2S/c1-29-13-15(11-25-29)26-21(30)18(10-14-4-2-3-5-14)28-22(31)19-6-7-20(32-19)27-17-8-9-24-12-16(17)23/h6-9,11-14,18H,2-5,10H2,1H3,(H,24,27)(H,26,30)(H,28,31)/t18-/m0/s1. The van der Waals surface area contributed by atoms with Crippen LogP contribution in [0.2, 0.25) is 0 Å². The fourth-order valence-corrected chi connectivity index (χ4v) is 4.71. The summed E-state index contributed by atoms with van der Waals surface area (Å²) in [6, 6.07) is 4.24. The van der Waals surface area contributed by atoms with Gasteiger partial charge in [0.25, 0.3) is 5.91 Å². The Bertz CT molecular complexity index is 1090. The lowest BCUT2D eigenvalue weighted by Crippen LogP contribution is -2.44. The predicted molar refractivity (Wildman–Crippen MR) is 121 cm³/mol. The first-order chi connectivity index (χ1) is 15.5. The second-order valence-corrected chi connectivity index (χ2v) is 9.03. The maximum absolute atomic E-state index is 13.8. The SMILES string of the molecule is Cn1cc(NC(=O)[C@H](CC2CCCC2)NC(=O)c2ccc(Nc3ccncc3F)s2)cn1. The molecule has 3 aromatic heterocycles. The van der Waals surface area contributed by atoms with Gasteiger partial charge in [-0.25, -0.2) is 4.39 Å². The zero-order valence-corrected chi connectivity index (χ0v) is 18.5. The molecule has 8 nitrogen and oxygen atoms in total. The first kappa shape index (κ1) is 21.9. The third kappa shape index (κ3) is 5.50. The van der Waals surface area contributed by atoms with Crippen molar-refractivity contribution in [2.45, 2.75) is 38.1 Å². The number of nitrogens with zero attached hydrogens (tertiary/aromatic N) is 3. The second-order valence-electron chi connectivity index (χ2n) is 7.95. The van der Waals surface area contributed by atoms with Crippen LogP contribution in [-0.2, 0) is 11.8 Å². The van der Waals surface area contributed by atoms with Crippen molar-refractivity contribution < 1.29 is 14.0 Å². The maximum atomic E-state index is 13.8. The van der Waals surface area contributed by atoms with Gasteiger partial charge in [0.05, 0.1) is 33.6 Å². The normalized spacial score (nSPS) is 14.8. The van der Waals surface area contributed by atoms with Crippen molar-refractivity contribution in [1.29, 1.82) is 0 Å². The summed E-state index contributed by atoms with van der Waals surface area (Å²) < 4.78 is 15.4. The highest BCUT2D eigenvalue weighted by Crippen LogP contribution is 2.30. The van der Waals surface area contributed by atoms with Crippen LogP contribution in [0.5, 0.6) is 0 Å². The van der Waals surface area contributed by atoms with Crippen LogP contribution in [0.1, 0.15) is 41.8 Å². The minimum atomic E-state index is -0.651. The molecule has 10 heteroatoms. The van der Waals surface area contributed by atoms with Crippen LogP contribution < -0.4 is 16.0 Å². The molecule has 32 heavy (non-hydrogen) atoms. The minimum absolute atomic E-state index is 0.257. The van der Waals surface area contributed by atoms with Gasteiger partial charge in [0.15, 0.2) is 5.82 Å². The summed E-state index contributed by atoms with van der Waals surface area (Å²) in [7, 11) is 1.77. The Morgan fingerprint density at radius 1 is 1.25 bits per heavy atom. The van der Waals surface area contributed by atoms with E-state index in [0.717, 1.165) is 31.9 Å². The number of hydrogen-bond donors (Lipinski definition) is 3. The van der Waals surface area contributed by atoms with Gasteiger partial charge in [-0.15, -0.1) is 11.3 Å². The van der Waals surface area contributed by atoms with E-state index in [4.69, 9.17) is 0 Å². The Hall–Kier alpha value is -3.27. The van der Waals surface area contributed by atoms with Gasteiger partial charge in [-0.1, -0.05) is 25.7 Å². The molecule has 2 amide bonds. The summed E-state index contributed by atoms with van der Waals surface area (Å²) in [6.07, 6.45) is 10.9. The van der Waals surface area contributed by atoms with E-state index < -0.39 is 11.9 Å². The van der Waals surface area contributed by atoms with E-state index in [2.05, 4.69) is 26.0 Å². The van der Waals surface area contributed by atoms with E-state index >= 15 is 0 Å². The predicted octanol–water partition coefficient (Wildman–Crippen LogP) is 4.08. The lowest BCUT2D eigenvalue weighted by Gasteiger charge is -2.21. The lowest BCUT2D eigenvalue weighted by atomic mass is 9.97. The van der Waals surface area contributed by atoms with Crippen molar-refractivity contribution >= 4 is 39.5 Å². The molecular formula is C22H25FN6O2S. The first-order valence-corrected chi connectivity index (χ1v) is 11.4. The molecule has 168 valence electrons. The second kappa shape index (κ2) is 9.90. The first-order valence-electron chi connectivity index (χ1n) is 10.5. The monoisotopic (exact) mass is 456 g/mol. The molecule has 1 saturated carbocycles. The quantitative estimate of drug-likeness (QED) is 0.474. The molecule has 3 aromatic rings. The molecule has 0 aromatic carbocycles. The maximum Gasteiger partial charge on any atom is 0.262 e. The van der Waals surface area contributed by atoms with E-state index in [9.17, 15) is 14.0 Å². The van der Waals surface area contributed by atoms with Gasteiger partial charge in [-0.2, -0.15) is 5.10 Å². The Morgan fingerprint density at radius 3 is 2.78 bits per heavy atom. The number of carbonyl (C=O) groups is 2. The van der Waals surface area contributed by atoms with Crippen LogP contribution in [0.15, 0.2) is 43.0 Å². The number of anilines is 3. The molecule has 3 heterocycles. The molecule has 1 aliphatic rings. The average molecular weight is 457 g/mol. The van der Waals surface area contributed by atoms with Crippen LogP contribution >= 0.6 is 11.3 Å². The lowest BCUT2D eigenvalue weighted by molar-refractivity contribution is -0.118. The average Bonchev–Trinajstić information content (AvgIpc) is 3.52. The largest absolute Gasteiger partial charge is 0.345 e. The molecule has 1 aliphatic carbocycles. The van der Waals surface area contributed by atoms with Crippen LogP contribution in [0.4, 0.5) is 20.8 Å². The van der Waals surface area contributed by atoms with Crippen molar-refractivity contribution in [3.05, 3.63) is 53.7 Å². The van der Waals surface area contributed by atoms with Crippen molar-refractivity contribution in [1.82, 2.24) is 20.1 Å². The van der Waals surface area contributed by atoms with Crippen LogP contribution in [0.3, 0.4) is 0 Å². The molecule has 1 atom stereocenters. The van der Waals surface area contributed by atoms with Crippen LogP contribution in [0, 0.1) is 11.7 Å². The summed E-state index contributed by atoms with van der Waals surface area (Å²) in [5, 5.41) is 13.4. The van der Waals surface area contributed by atoms with Crippen molar-refractivity contribution in [3.8, 4) is 0 Å². The number of hydrogen-bond acceptors (Lipinski definition) is 6. The zero-order chi connectivity index (χ0) is 22.5. The van der Waals surface area contributed by atoms with Gasteiger partial charge in [-0.05, 0) is 30.5 Å². The van der Waals surface area contributed by atoms with Crippen LogP contribution in [0.25, 0.3) is 0 Å². The summed E-state index contributed by atoms with van der Waals surface area (Å²) in [6.45, 7) is 0. The number of thiophene rings is 1. The van der Waals surface area contributed by atoms with Crippen molar-refractivity contribution in [3.63, 3.8) is 0 Å². The van der Waals surface area contributed by atoms with Gasteiger partial charge >= 0.3 is 0 Å². The summed E-state index contributed by atoms with van der Waals surface area (Å²) in [4.78, 5) is 30.0. The fraction of sp³-hybridized carbons (Fsp3) is 0.364. The zero-order valence-electron chi connectivity index (χ0n) is 17.7. The summed E-state index contributed by atoms with van der Waals surface area (Å²) in [5.41, 5.74) is 0.869. The number of halogens is 1. The number of rotatable bonds is 8. The fourth-order valence-electron chi connectivity index (χ4n) is 3.89. The molecule has 0 spiro atoms. The number of nitrogens with one attached hydrogen (secondary N) is 3. The van der Waals surface area contributed by atoms with Gasteiger partial charge < -0.3 is 16.0 Å². The van der Waals surface area contributed by atoms with E-state index in [0.29, 0.717) is 27.9 Å². The third-order valence-electron chi connectivity index (χ3n) is 5.50. The molecule has 1 fully saturated rings. The molecule has 3 N–H and O–H groups in total. The van der Waals surface area contributed by atoms with Gasteiger partial charge in [-0.3, -0.25) is 19.3 Å². The number of carbonyl (C=O) groups excluding carboxylic acids is 2. The van der Waals surface area contributed by atoms with Crippen molar-refractivity contribution in [2.75, 3.05) is 10.6 Å². The topological polar surface area (TPSA) is 101 Å². The number of pyridine rings is 1. The minimum Gasteiger partial charge on any atom is -0.345 e. The Kier molecular flexibility index (Phi) is 6.79. The molecular weight excluding hydrogens is 431 g/mol. The summed E-state index contributed by atoms with van der Waals surface area (Å²) >= 11 is 1.19. The van der Waals surface area contributed by atoms with Gasteiger partial charge in [0.1, 0.15) is 6.04 Å². The molecule has 0 aliphatic heterocycles. The Balaban J connectivity index is 1.43. The molecule has 0 radical (unpaired) electrons. The number of aryl methyl sites for hydroxylation is 1. The smallest absolute Gasteiger partial charge is 0.262 e. The van der Waals surface area contributed by atoms with Crippen LogP contribution in [-0.4, -0.2) is 32.6 Å². The van der Waals surface area contributed by atoms with Gasteiger partial charge in [0, 0.05) is 19.4 Å². The Labute approximate surface area is 189 Å². The highest BCUT2D eigenvalue weighted by molar-refractivity contribution is 7.18.